The zero-order valence-corrected chi connectivity index (χ0v) is 15.1. The molecule has 2 heterocycles. The fourth-order valence-corrected chi connectivity index (χ4v) is 3.69. The Bertz CT molecular complexity index is 745. The summed E-state index contributed by atoms with van der Waals surface area (Å²) in [4.78, 5) is 17.1. The van der Waals surface area contributed by atoms with E-state index in [1.165, 1.54) is 5.56 Å². The quantitative estimate of drug-likeness (QED) is 0.897. The van der Waals surface area contributed by atoms with Crippen molar-refractivity contribution in [3.05, 3.63) is 52.2 Å². The Morgan fingerprint density at radius 3 is 2.80 bits per heavy atom. The number of hydrogen-bond acceptors (Lipinski definition) is 5. The van der Waals surface area contributed by atoms with Crippen molar-refractivity contribution in [3.63, 3.8) is 0 Å². The van der Waals surface area contributed by atoms with Gasteiger partial charge in [-0.05, 0) is 47.5 Å². The summed E-state index contributed by atoms with van der Waals surface area (Å²) >= 11 is 1.73. The van der Waals surface area contributed by atoms with Crippen LogP contribution in [0.3, 0.4) is 0 Å². The molecule has 0 bridgehead atoms. The van der Waals surface area contributed by atoms with Gasteiger partial charge in [0, 0.05) is 38.4 Å². The van der Waals surface area contributed by atoms with Gasteiger partial charge < -0.3 is 5.32 Å². The van der Waals surface area contributed by atoms with Gasteiger partial charge in [0.05, 0.1) is 17.7 Å². The normalized spacial score (nSPS) is 17.0. The lowest BCUT2D eigenvalue weighted by Gasteiger charge is -2.37. The summed E-state index contributed by atoms with van der Waals surface area (Å²) in [5.41, 5.74) is 2.58. The summed E-state index contributed by atoms with van der Waals surface area (Å²) in [5, 5.41) is 16.2. The molecule has 3 rings (SSSR count). The predicted octanol–water partition coefficient (Wildman–Crippen LogP) is 2.76. The van der Waals surface area contributed by atoms with Gasteiger partial charge in [0.2, 0.25) is 5.91 Å². The van der Waals surface area contributed by atoms with E-state index in [4.69, 9.17) is 5.26 Å². The molecule has 0 saturated carbocycles. The van der Waals surface area contributed by atoms with Gasteiger partial charge in [0.25, 0.3) is 0 Å². The van der Waals surface area contributed by atoms with Crippen LogP contribution in [0.25, 0.3) is 0 Å². The number of amides is 1. The number of anilines is 1. The van der Waals surface area contributed by atoms with Gasteiger partial charge in [-0.25, -0.2) is 0 Å². The number of nitriles is 1. The van der Waals surface area contributed by atoms with Crippen molar-refractivity contribution in [2.45, 2.75) is 19.5 Å². The minimum absolute atomic E-state index is 0.0265. The van der Waals surface area contributed by atoms with Crippen LogP contribution in [-0.4, -0.2) is 47.9 Å². The summed E-state index contributed by atoms with van der Waals surface area (Å²) in [6.45, 7) is 6.64. The second-order valence-electron chi connectivity index (χ2n) is 6.30. The van der Waals surface area contributed by atoms with E-state index in [0.29, 0.717) is 11.3 Å². The van der Waals surface area contributed by atoms with Crippen LogP contribution < -0.4 is 5.32 Å². The highest BCUT2D eigenvalue weighted by molar-refractivity contribution is 7.07. The van der Waals surface area contributed by atoms with Crippen molar-refractivity contribution < 1.29 is 4.79 Å². The van der Waals surface area contributed by atoms with Crippen molar-refractivity contribution in [3.8, 4) is 6.07 Å². The topological polar surface area (TPSA) is 59.4 Å². The molecular weight excluding hydrogens is 332 g/mol. The molecule has 1 fully saturated rings. The first-order valence-electron chi connectivity index (χ1n) is 8.44. The number of rotatable bonds is 5. The van der Waals surface area contributed by atoms with Crippen LogP contribution in [0.15, 0.2) is 41.1 Å². The van der Waals surface area contributed by atoms with Gasteiger partial charge in [0.1, 0.15) is 0 Å². The Kier molecular flexibility index (Phi) is 5.82. The average molecular weight is 354 g/mol. The molecule has 0 radical (unpaired) electrons. The molecular formula is C19H22N4OS. The third-order valence-corrected chi connectivity index (χ3v) is 5.31. The number of carbonyl (C=O) groups is 1. The third-order valence-electron chi connectivity index (χ3n) is 4.58. The Hall–Kier alpha value is -2.20. The summed E-state index contributed by atoms with van der Waals surface area (Å²) in [5.74, 6) is -0.0265. The van der Waals surface area contributed by atoms with E-state index in [1.54, 1.807) is 29.5 Å². The van der Waals surface area contributed by atoms with Crippen LogP contribution in [0, 0.1) is 11.3 Å². The number of nitrogens with zero attached hydrogens (tertiary/aromatic N) is 3. The van der Waals surface area contributed by atoms with Crippen LogP contribution in [0.4, 0.5) is 5.69 Å². The second-order valence-corrected chi connectivity index (χ2v) is 7.08. The molecule has 1 amide bonds. The molecule has 1 aromatic carbocycles. The molecule has 130 valence electrons. The molecule has 1 aromatic heterocycles. The zero-order valence-electron chi connectivity index (χ0n) is 14.3. The van der Waals surface area contributed by atoms with Crippen LogP contribution in [0.5, 0.6) is 0 Å². The maximum atomic E-state index is 12.5. The summed E-state index contributed by atoms with van der Waals surface area (Å²) in [6, 6.07) is 11.1. The molecule has 1 atom stereocenters. The standard InChI is InChI=1S/C19H22N4OS/c1-15(19(24)21-18-4-2-3-16(11-18)12-20)23-8-6-22(7-9-23)13-17-5-10-25-14-17/h2-5,10-11,14-15H,6-9,13H2,1H3,(H,21,24). The van der Waals surface area contributed by atoms with Crippen LogP contribution in [0.2, 0.25) is 0 Å². The largest absolute Gasteiger partial charge is 0.325 e. The van der Waals surface area contributed by atoms with E-state index in [0.717, 1.165) is 32.7 Å². The van der Waals surface area contributed by atoms with Crippen LogP contribution >= 0.6 is 11.3 Å². The monoisotopic (exact) mass is 354 g/mol. The molecule has 25 heavy (non-hydrogen) atoms. The molecule has 6 heteroatoms. The molecule has 5 nitrogen and oxygen atoms in total. The minimum atomic E-state index is -0.186. The van der Waals surface area contributed by atoms with E-state index in [-0.39, 0.29) is 11.9 Å². The van der Waals surface area contributed by atoms with Gasteiger partial charge in [-0.3, -0.25) is 14.6 Å². The number of hydrogen-bond donors (Lipinski definition) is 1. The fourth-order valence-electron chi connectivity index (χ4n) is 3.03. The smallest absolute Gasteiger partial charge is 0.241 e. The van der Waals surface area contributed by atoms with Gasteiger partial charge in [-0.1, -0.05) is 6.07 Å². The van der Waals surface area contributed by atoms with Gasteiger partial charge in [-0.15, -0.1) is 0 Å². The number of nitrogens with one attached hydrogen (secondary N) is 1. The molecule has 1 N–H and O–H groups in total. The SMILES string of the molecule is CC(C(=O)Nc1cccc(C#N)c1)N1CCN(Cc2ccsc2)CC1. The van der Waals surface area contributed by atoms with E-state index in [1.807, 2.05) is 13.0 Å². The first-order chi connectivity index (χ1) is 12.2. The Morgan fingerprint density at radius 1 is 1.32 bits per heavy atom. The maximum Gasteiger partial charge on any atom is 0.241 e. The second kappa shape index (κ2) is 8.26. The lowest BCUT2D eigenvalue weighted by Crippen LogP contribution is -2.52. The number of thiophene rings is 1. The average Bonchev–Trinajstić information content (AvgIpc) is 3.15. The summed E-state index contributed by atoms with van der Waals surface area (Å²) in [7, 11) is 0. The fraction of sp³-hybridized carbons (Fsp3) is 0.368. The summed E-state index contributed by atoms with van der Waals surface area (Å²) < 4.78 is 0. The minimum Gasteiger partial charge on any atom is -0.325 e. The number of carbonyl (C=O) groups excluding carboxylic acids is 1. The van der Waals surface area contributed by atoms with Crippen molar-refractivity contribution in [2.24, 2.45) is 0 Å². The number of benzene rings is 1. The van der Waals surface area contributed by atoms with Crippen LogP contribution in [-0.2, 0) is 11.3 Å². The van der Waals surface area contributed by atoms with E-state index >= 15 is 0 Å². The Morgan fingerprint density at radius 2 is 2.12 bits per heavy atom. The molecule has 2 aromatic rings. The lowest BCUT2D eigenvalue weighted by atomic mass is 10.2. The summed E-state index contributed by atoms with van der Waals surface area (Å²) in [6.07, 6.45) is 0. The van der Waals surface area contributed by atoms with Crippen molar-refractivity contribution in [2.75, 3.05) is 31.5 Å². The molecule has 1 aliphatic heterocycles. The van der Waals surface area contributed by atoms with Crippen molar-refractivity contribution in [1.82, 2.24) is 9.80 Å². The Balaban J connectivity index is 1.50. The van der Waals surface area contributed by atoms with E-state index < -0.39 is 0 Å². The zero-order chi connectivity index (χ0) is 17.6. The third kappa shape index (κ3) is 4.67. The van der Waals surface area contributed by atoms with Crippen molar-refractivity contribution in [1.29, 1.82) is 5.26 Å². The predicted molar refractivity (Wildman–Crippen MR) is 100 cm³/mol. The Labute approximate surface area is 152 Å². The van der Waals surface area contributed by atoms with Gasteiger partial charge in [-0.2, -0.15) is 16.6 Å². The molecule has 1 saturated heterocycles. The maximum absolute atomic E-state index is 12.5. The van der Waals surface area contributed by atoms with Gasteiger partial charge in [0.15, 0.2) is 0 Å². The van der Waals surface area contributed by atoms with E-state index in [2.05, 4.69) is 38.0 Å². The van der Waals surface area contributed by atoms with Crippen LogP contribution in [0.1, 0.15) is 18.1 Å². The lowest BCUT2D eigenvalue weighted by molar-refractivity contribution is -0.121. The molecule has 0 aliphatic carbocycles. The highest BCUT2D eigenvalue weighted by Crippen LogP contribution is 2.15. The highest BCUT2D eigenvalue weighted by atomic mass is 32.1. The molecule has 1 aliphatic rings. The van der Waals surface area contributed by atoms with E-state index in [9.17, 15) is 4.79 Å². The molecule has 1 unspecified atom stereocenters. The van der Waals surface area contributed by atoms with Crippen molar-refractivity contribution >= 4 is 22.9 Å². The highest BCUT2D eigenvalue weighted by Gasteiger charge is 2.25. The first kappa shape index (κ1) is 17.6. The first-order valence-corrected chi connectivity index (χ1v) is 9.38. The molecule has 0 spiro atoms. The number of piperazine rings is 1. The van der Waals surface area contributed by atoms with Gasteiger partial charge >= 0.3 is 0 Å².